The topological polar surface area (TPSA) is 84.2 Å². The molecule has 2 rings (SSSR count). The largest absolute Gasteiger partial charge is 0.399 e. The predicted octanol–water partition coefficient (Wildman–Crippen LogP) is 2.66. The molecule has 27 heavy (non-hydrogen) atoms. The number of carbonyl (C=O) groups excluding carboxylic acids is 2. The van der Waals surface area contributed by atoms with Crippen molar-refractivity contribution >= 4 is 17.5 Å². The summed E-state index contributed by atoms with van der Waals surface area (Å²) in [6.45, 7) is 3.83. The monoisotopic (exact) mass is 375 g/mol. The summed E-state index contributed by atoms with van der Waals surface area (Å²) in [5.41, 5.74) is 6.59. The number of nitrogen functional groups attached to an aromatic ring is 1. The highest BCUT2D eigenvalue weighted by Gasteiger charge is 2.27. The molecule has 0 aromatic heterocycles. The first-order chi connectivity index (χ1) is 12.8. The van der Waals surface area contributed by atoms with Gasteiger partial charge in [0, 0.05) is 12.2 Å². The van der Waals surface area contributed by atoms with E-state index in [1.165, 1.54) is 6.07 Å². The lowest BCUT2D eigenvalue weighted by Crippen LogP contribution is -2.50. The molecule has 0 saturated heterocycles. The van der Waals surface area contributed by atoms with Crippen LogP contribution in [0.15, 0.2) is 42.5 Å². The molecule has 4 N–H and O–H groups in total. The number of hydrogen-bond acceptors (Lipinski definition) is 3. The number of hydrogen-bond donors (Lipinski definition) is 3. The van der Waals surface area contributed by atoms with E-state index in [9.17, 15) is 18.4 Å². The lowest BCUT2D eigenvalue weighted by Gasteiger charge is -2.22. The molecule has 5 nitrogen and oxygen atoms in total. The fourth-order valence-corrected chi connectivity index (χ4v) is 2.59. The molecular weight excluding hydrogens is 352 g/mol. The van der Waals surface area contributed by atoms with Gasteiger partial charge in [-0.05, 0) is 42.2 Å². The third-order valence-corrected chi connectivity index (χ3v) is 4.12. The van der Waals surface area contributed by atoms with Crippen molar-refractivity contribution in [1.82, 2.24) is 10.6 Å². The summed E-state index contributed by atoms with van der Waals surface area (Å²) in [5, 5.41) is 5.16. The van der Waals surface area contributed by atoms with Crippen LogP contribution in [0.1, 0.15) is 29.8 Å². The molecule has 1 unspecified atom stereocenters. The quantitative estimate of drug-likeness (QED) is 0.651. The van der Waals surface area contributed by atoms with Crippen LogP contribution in [0.2, 0.25) is 0 Å². The Labute approximate surface area is 157 Å². The zero-order chi connectivity index (χ0) is 20.0. The molecule has 0 heterocycles. The molecule has 1 atom stereocenters. The van der Waals surface area contributed by atoms with Crippen molar-refractivity contribution in [1.29, 1.82) is 0 Å². The lowest BCUT2D eigenvalue weighted by molar-refractivity contribution is -0.123. The number of anilines is 1. The van der Waals surface area contributed by atoms with Gasteiger partial charge in [-0.25, -0.2) is 8.78 Å². The summed E-state index contributed by atoms with van der Waals surface area (Å²) in [6, 6.07) is 9.53. The average Bonchev–Trinajstić information content (AvgIpc) is 2.60. The molecule has 0 aliphatic carbocycles. The fraction of sp³-hybridized carbons (Fsp3) is 0.300. The molecular formula is C20H23F2N3O2. The predicted molar refractivity (Wildman–Crippen MR) is 100 cm³/mol. The number of halogens is 2. The van der Waals surface area contributed by atoms with E-state index in [2.05, 4.69) is 10.6 Å². The Morgan fingerprint density at radius 3 is 2.19 bits per heavy atom. The molecule has 2 amide bonds. The molecule has 0 aliphatic heterocycles. The van der Waals surface area contributed by atoms with Gasteiger partial charge in [0.15, 0.2) is 0 Å². The van der Waals surface area contributed by atoms with Gasteiger partial charge in [-0.2, -0.15) is 0 Å². The third-order valence-electron chi connectivity index (χ3n) is 4.12. The van der Waals surface area contributed by atoms with Gasteiger partial charge in [0.25, 0.3) is 5.91 Å². The van der Waals surface area contributed by atoms with E-state index in [-0.39, 0.29) is 5.92 Å². The van der Waals surface area contributed by atoms with Gasteiger partial charge >= 0.3 is 0 Å². The van der Waals surface area contributed by atoms with E-state index in [1.54, 1.807) is 26.0 Å². The average molecular weight is 375 g/mol. The molecule has 2 aromatic carbocycles. The molecule has 0 spiro atoms. The number of amides is 2. The second-order valence-electron chi connectivity index (χ2n) is 6.57. The van der Waals surface area contributed by atoms with Gasteiger partial charge in [0.05, 0.1) is 0 Å². The summed E-state index contributed by atoms with van der Waals surface area (Å²) < 4.78 is 27.5. The Bertz CT molecular complexity index is 787. The van der Waals surface area contributed by atoms with Crippen LogP contribution in [-0.4, -0.2) is 24.4 Å². The second kappa shape index (κ2) is 9.12. The zero-order valence-electron chi connectivity index (χ0n) is 15.3. The van der Waals surface area contributed by atoms with Crippen LogP contribution in [0.25, 0.3) is 0 Å². The smallest absolute Gasteiger partial charge is 0.257 e. The van der Waals surface area contributed by atoms with Gasteiger partial charge in [-0.3, -0.25) is 9.59 Å². The number of rotatable bonds is 7. The third kappa shape index (κ3) is 5.51. The zero-order valence-corrected chi connectivity index (χ0v) is 15.3. The summed E-state index contributed by atoms with van der Waals surface area (Å²) in [4.78, 5) is 24.7. The first-order valence-electron chi connectivity index (χ1n) is 8.66. The van der Waals surface area contributed by atoms with E-state index in [0.717, 1.165) is 17.7 Å². The Hall–Kier alpha value is -2.96. The maximum atomic E-state index is 13.8. The van der Waals surface area contributed by atoms with Gasteiger partial charge in [0.1, 0.15) is 23.2 Å². The molecule has 2 aromatic rings. The first-order valence-corrected chi connectivity index (χ1v) is 8.66. The van der Waals surface area contributed by atoms with Gasteiger partial charge in [0.2, 0.25) is 5.91 Å². The minimum atomic E-state index is -0.973. The summed E-state index contributed by atoms with van der Waals surface area (Å²) in [7, 11) is 0. The number of nitrogens with two attached hydrogens (primary N) is 1. The van der Waals surface area contributed by atoms with E-state index in [0.29, 0.717) is 18.7 Å². The van der Waals surface area contributed by atoms with E-state index >= 15 is 0 Å². The minimum absolute atomic E-state index is 0.264. The van der Waals surface area contributed by atoms with Crippen molar-refractivity contribution in [3.63, 3.8) is 0 Å². The van der Waals surface area contributed by atoms with Crippen LogP contribution >= 0.6 is 0 Å². The van der Waals surface area contributed by atoms with Gasteiger partial charge in [-0.15, -0.1) is 0 Å². The standard InChI is InChI=1S/C20H23F2N3O2/c1-12(2)18(25-19(26)17-15(21)4-3-5-16(17)22)20(27)24-11-10-13-6-8-14(23)9-7-13/h3-9,12,18H,10-11,23H2,1-2H3,(H,24,27)(H,25,26). The Morgan fingerprint density at radius 2 is 1.63 bits per heavy atom. The van der Waals surface area contributed by atoms with Crippen molar-refractivity contribution in [3.8, 4) is 0 Å². The van der Waals surface area contributed by atoms with E-state index in [1.807, 2.05) is 12.1 Å². The maximum absolute atomic E-state index is 13.8. The van der Waals surface area contributed by atoms with Crippen molar-refractivity contribution < 1.29 is 18.4 Å². The van der Waals surface area contributed by atoms with Crippen LogP contribution in [0.3, 0.4) is 0 Å². The minimum Gasteiger partial charge on any atom is -0.399 e. The Kier molecular flexibility index (Phi) is 6.87. The summed E-state index contributed by atoms with van der Waals surface area (Å²) in [5.74, 6) is -3.58. The lowest BCUT2D eigenvalue weighted by atomic mass is 10.0. The van der Waals surface area contributed by atoms with Gasteiger partial charge in [-0.1, -0.05) is 32.0 Å². The normalized spacial score (nSPS) is 11.9. The van der Waals surface area contributed by atoms with Crippen LogP contribution < -0.4 is 16.4 Å². The van der Waals surface area contributed by atoms with E-state index < -0.39 is 35.1 Å². The molecule has 0 fully saturated rings. The molecule has 0 bridgehead atoms. The van der Waals surface area contributed by atoms with Crippen molar-refractivity contribution in [2.45, 2.75) is 26.3 Å². The number of carbonyl (C=O) groups is 2. The highest BCUT2D eigenvalue weighted by molar-refractivity contribution is 5.98. The van der Waals surface area contributed by atoms with Gasteiger partial charge < -0.3 is 16.4 Å². The van der Waals surface area contributed by atoms with Crippen LogP contribution in [0, 0.1) is 17.6 Å². The van der Waals surface area contributed by atoms with Crippen LogP contribution in [-0.2, 0) is 11.2 Å². The van der Waals surface area contributed by atoms with Crippen LogP contribution in [0.5, 0.6) is 0 Å². The van der Waals surface area contributed by atoms with Crippen molar-refractivity contribution in [2.75, 3.05) is 12.3 Å². The maximum Gasteiger partial charge on any atom is 0.257 e. The van der Waals surface area contributed by atoms with E-state index in [4.69, 9.17) is 5.73 Å². The number of nitrogens with one attached hydrogen (secondary N) is 2. The second-order valence-corrected chi connectivity index (χ2v) is 6.57. The molecule has 0 saturated carbocycles. The Morgan fingerprint density at radius 1 is 1.04 bits per heavy atom. The van der Waals surface area contributed by atoms with Crippen molar-refractivity contribution in [2.24, 2.45) is 5.92 Å². The summed E-state index contributed by atoms with van der Waals surface area (Å²) >= 11 is 0. The first kappa shape index (κ1) is 20.4. The molecule has 0 aliphatic rings. The number of benzene rings is 2. The highest BCUT2D eigenvalue weighted by Crippen LogP contribution is 2.13. The van der Waals surface area contributed by atoms with Crippen molar-refractivity contribution in [3.05, 3.63) is 65.2 Å². The molecule has 0 radical (unpaired) electrons. The SMILES string of the molecule is CC(C)C(NC(=O)c1c(F)cccc1F)C(=O)NCCc1ccc(N)cc1. The summed E-state index contributed by atoms with van der Waals surface area (Å²) in [6.07, 6.45) is 0.590. The van der Waals surface area contributed by atoms with Crippen LogP contribution in [0.4, 0.5) is 14.5 Å². The molecule has 144 valence electrons. The fourth-order valence-electron chi connectivity index (χ4n) is 2.59. The highest BCUT2D eigenvalue weighted by atomic mass is 19.1. The molecule has 7 heteroatoms. The Balaban J connectivity index is 1.98.